The van der Waals surface area contributed by atoms with E-state index in [1.54, 1.807) is 18.2 Å². The van der Waals surface area contributed by atoms with E-state index in [2.05, 4.69) is 14.9 Å². The third-order valence-corrected chi connectivity index (χ3v) is 1.85. The minimum atomic E-state index is -0.470. The Morgan fingerprint density at radius 1 is 1.50 bits per heavy atom. The Labute approximate surface area is 79.3 Å². The summed E-state index contributed by atoms with van der Waals surface area (Å²) < 4.78 is 6.03. The van der Waals surface area contributed by atoms with Crippen molar-refractivity contribution in [2.75, 3.05) is 12.8 Å². The fourth-order valence-corrected chi connectivity index (χ4v) is 1.23. The Kier molecular flexibility index (Phi) is 1.81. The summed E-state index contributed by atoms with van der Waals surface area (Å²) in [7, 11) is 1.31. The molecule has 0 aliphatic carbocycles. The van der Waals surface area contributed by atoms with E-state index in [1.165, 1.54) is 11.5 Å². The normalized spacial score (nSPS) is 10.4. The Balaban J connectivity index is 2.75. The molecule has 14 heavy (non-hydrogen) atoms. The van der Waals surface area contributed by atoms with Crippen LogP contribution in [-0.2, 0) is 4.74 Å². The number of carbonyl (C=O) groups is 1. The highest BCUT2D eigenvalue weighted by molar-refractivity contribution is 5.88. The standard InChI is InChI=1S/C8H8N4O2/c1-14-7(13)5-3-2-4-6-10-11-8(9)12(5)6/h2-4H,1H3,(H2,9,11). The van der Waals surface area contributed by atoms with Crippen molar-refractivity contribution in [3.8, 4) is 0 Å². The van der Waals surface area contributed by atoms with Crippen molar-refractivity contribution >= 4 is 17.6 Å². The van der Waals surface area contributed by atoms with Gasteiger partial charge in [-0.25, -0.2) is 4.79 Å². The van der Waals surface area contributed by atoms with Gasteiger partial charge in [-0.05, 0) is 12.1 Å². The monoisotopic (exact) mass is 192 g/mol. The van der Waals surface area contributed by atoms with Crippen molar-refractivity contribution in [1.29, 1.82) is 0 Å². The van der Waals surface area contributed by atoms with Gasteiger partial charge in [-0.3, -0.25) is 4.40 Å². The number of nitrogens with two attached hydrogens (primary N) is 1. The second-order valence-electron chi connectivity index (χ2n) is 2.65. The Bertz CT molecular complexity index is 491. The molecule has 2 N–H and O–H groups in total. The molecule has 0 unspecified atom stereocenters. The molecule has 0 fully saturated rings. The highest BCUT2D eigenvalue weighted by atomic mass is 16.5. The van der Waals surface area contributed by atoms with Crippen LogP contribution in [0.15, 0.2) is 18.2 Å². The van der Waals surface area contributed by atoms with E-state index in [4.69, 9.17) is 5.73 Å². The van der Waals surface area contributed by atoms with Gasteiger partial charge in [-0.2, -0.15) is 0 Å². The molecule has 2 rings (SSSR count). The Morgan fingerprint density at radius 2 is 2.29 bits per heavy atom. The molecular formula is C8H8N4O2. The second-order valence-corrected chi connectivity index (χ2v) is 2.65. The molecule has 6 nitrogen and oxygen atoms in total. The molecule has 0 aliphatic heterocycles. The van der Waals surface area contributed by atoms with Crippen molar-refractivity contribution in [2.45, 2.75) is 0 Å². The fourth-order valence-electron chi connectivity index (χ4n) is 1.23. The van der Waals surface area contributed by atoms with Crippen LogP contribution in [0, 0.1) is 0 Å². The Morgan fingerprint density at radius 3 is 3.00 bits per heavy atom. The molecule has 0 saturated heterocycles. The van der Waals surface area contributed by atoms with Crippen molar-refractivity contribution in [1.82, 2.24) is 14.6 Å². The van der Waals surface area contributed by atoms with E-state index in [1.807, 2.05) is 0 Å². The molecule has 0 bridgehead atoms. The first-order valence-electron chi connectivity index (χ1n) is 3.92. The molecular weight excluding hydrogens is 184 g/mol. The minimum absolute atomic E-state index is 0.168. The lowest BCUT2D eigenvalue weighted by Gasteiger charge is -2.02. The topological polar surface area (TPSA) is 82.5 Å². The van der Waals surface area contributed by atoms with Crippen molar-refractivity contribution in [2.24, 2.45) is 0 Å². The predicted octanol–water partition coefficient (Wildman–Crippen LogP) is 0.0981. The van der Waals surface area contributed by atoms with Gasteiger partial charge in [0.15, 0.2) is 5.65 Å². The summed E-state index contributed by atoms with van der Waals surface area (Å²) in [6, 6.07) is 4.99. The van der Waals surface area contributed by atoms with E-state index in [0.717, 1.165) is 0 Å². The number of aromatic nitrogens is 3. The van der Waals surface area contributed by atoms with Crippen molar-refractivity contribution in [3.63, 3.8) is 0 Å². The second kappa shape index (κ2) is 2.99. The molecule has 0 amide bonds. The summed E-state index contributed by atoms with van der Waals surface area (Å²) >= 11 is 0. The first kappa shape index (κ1) is 8.49. The average Bonchev–Trinajstić information content (AvgIpc) is 2.59. The van der Waals surface area contributed by atoms with Gasteiger partial charge in [-0.15, -0.1) is 10.2 Å². The number of esters is 1. The number of methoxy groups -OCH3 is 1. The first-order valence-corrected chi connectivity index (χ1v) is 3.92. The van der Waals surface area contributed by atoms with Gasteiger partial charge in [0.1, 0.15) is 5.69 Å². The number of carbonyl (C=O) groups excluding carboxylic acids is 1. The lowest BCUT2D eigenvalue weighted by molar-refractivity contribution is 0.0592. The molecule has 72 valence electrons. The maximum atomic E-state index is 11.3. The smallest absolute Gasteiger partial charge is 0.355 e. The molecule has 2 aromatic heterocycles. The summed E-state index contributed by atoms with van der Waals surface area (Å²) in [4.78, 5) is 11.3. The number of rotatable bonds is 1. The number of hydrogen-bond acceptors (Lipinski definition) is 5. The lowest BCUT2D eigenvalue weighted by atomic mass is 10.3. The lowest BCUT2D eigenvalue weighted by Crippen LogP contribution is -2.09. The molecule has 6 heteroatoms. The molecule has 2 aromatic rings. The van der Waals surface area contributed by atoms with Crippen LogP contribution in [0.3, 0.4) is 0 Å². The molecule has 0 atom stereocenters. The third kappa shape index (κ3) is 1.08. The summed E-state index contributed by atoms with van der Waals surface area (Å²) in [5, 5.41) is 7.43. The predicted molar refractivity (Wildman–Crippen MR) is 48.7 cm³/mol. The SMILES string of the molecule is COC(=O)c1cccc2nnc(N)n12. The number of ether oxygens (including phenoxy) is 1. The van der Waals surface area contributed by atoms with E-state index < -0.39 is 5.97 Å². The quantitative estimate of drug-likeness (QED) is 0.648. The molecule has 0 aliphatic rings. The summed E-state index contributed by atoms with van der Waals surface area (Å²) in [5.74, 6) is -0.303. The van der Waals surface area contributed by atoms with Crippen LogP contribution < -0.4 is 5.73 Å². The summed E-state index contributed by atoms with van der Waals surface area (Å²) in [6.45, 7) is 0. The largest absolute Gasteiger partial charge is 0.464 e. The van der Waals surface area contributed by atoms with Crippen LogP contribution in [0.1, 0.15) is 10.5 Å². The number of nitrogens with zero attached hydrogens (tertiary/aromatic N) is 3. The zero-order valence-corrected chi connectivity index (χ0v) is 7.47. The van der Waals surface area contributed by atoms with Crippen molar-refractivity contribution in [3.05, 3.63) is 23.9 Å². The number of nitrogen functional groups attached to an aromatic ring is 1. The number of pyridine rings is 1. The van der Waals surface area contributed by atoms with E-state index >= 15 is 0 Å². The number of hydrogen-bond donors (Lipinski definition) is 1. The van der Waals surface area contributed by atoms with Gasteiger partial charge in [0, 0.05) is 0 Å². The molecule has 0 radical (unpaired) electrons. The third-order valence-electron chi connectivity index (χ3n) is 1.85. The molecule has 0 aromatic carbocycles. The van der Waals surface area contributed by atoms with Gasteiger partial charge in [0.05, 0.1) is 7.11 Å². The highest BCUT2D eigenvalue weighted by Gasteiger charge is 2.12. The van der Waals surface area contributed by atoms with Gasteiger partial charge in [0.2, 0.25) is 5.95 Å². The van der Waals surface area contributed by atoms with Gasteiger partial charge in [-0.1, -0.05) is 6.07 Å². The van der Waals surface area contributed by atoms with Crippen molar-refractivity contribution < 1.29 is 9.53 Å². The van der Waals surface area contributed by atoms with Gasteiger partial charge >= 0.3 is 5.97 Å². The number of anilines is 1. The van der Waals surface area contributed by atoms with E-state index in [9.17, 15) is 4.79 Å². The van der Waals surface area contributed by atoms with Crippen LogP contribution in [0.2, 0.25) is 0 Å². The zero-order chi connectivity index (χ0) is 10.1. The van der Waals surface area contributed by atoms with Gasteiger partial charge < -0.3 is 10.5 Å². The maximum Gasteiger partial charge on any atom is 0.355 e. The zero-order valence-electron chi connectivity index (χ0n) is 7.47. The Hall–Kier alpha value is -2.11. The fraction of sp³-hybridized carbons (Fsp3) is 0.125. The van der Waals surface area contributed by atoms with Crippen LogP contribution in [0.25, 0.3) is 5.65 Å². The minimum Gasteiger partial charge on any atom is -0.464 e. The molecule has 0 saturated carbocycles. The summed E-state index contributed by atoms with van der Waals surface area (Å²) in [6.07, 6.45) is 0. The average molecular weight is 192 g/mol. The maximum absolute atomic E-state index is 11.3. The van der Waals surface area contributed by atoms with Crippen LogP contribution in [0.4, 0.5) is 5.95 Å². The van der Waals surface area contributed by atoms with Gasteiger partial charge in [0.25, 0.3) is 0 Å². The van der Waals surface area contributed by atoms with Crippen LogP contribution >= 0.6 is 0 Å². The first-order chi connectivity index (χ1) is 6.74. The van der Waals surface area contributed by atoms with E-state index in [0.29, 0.717) is 11.3 Å². The van der Waals surface area contributed by atoms with Crippen LogP contribution in [0.5, 0.6) is 0 Å². The molecule has 2 heterocycles. The molecule has 0 spiro atoms. The highest BCUT2D eigenvalue weighted by Crippen LogP contribution is 2.10. The van der Waals surface area contributed by atoms with E-state index in [-0.39, 0.29) is 5.95 Å². The van der Waals surface area contributed by atoms with Crippen LogP contribution in [-0.4, -0.2) is 27.7 Å². The number of fused-ring (bicyclic) bond motifs is 1. The summed E-state index contributed by atoms with van der Waals surface area (Å²) in [5.41, 5.74) is 6.38.